The summed E-state index contributed by atoms with van der Waals surface area (Å²) in [6.07, 6.45) is 0. The summed E-state index contributed by atoms with van der Waals surface area (Å²) >= 11 is 1.72. The number of H-pyrrole nitrogens is 1. The molecule has 0 atom stereocenters. The van der Waals surface area contributed by atoms with E-state index in [9.17, 15) is 4.79 Å². The highest BCUT2D eigenvalue weighted by atomic mass is 32.1. The summed E-state index contributed by atoms with van der Waals surface area (Å²) in [5.41, 5.74) is 2.81. The third kappa shape index (κ3) is 3.09. The lowest BCUT2D eigenvalue weighted by atomic mass is 10.1. The van der Waals surface area contributed by atoms with Crippen LogP contribution in [0.3, 0.4) is 0 Å². The average molecular weight is 262 g/mol. The highest BCUT2D eigenvalue weighted by Gasteiger charge is 2.14. The number of aromatic nitrogens is 1. The summed E-state index contributed by atoms with van der Waals surface area (Å²) in [7, 11) is 1.98. The maximum Gasteiger partial charge on any atom is 0.178 e. The number of aryl methyl sites for hydroxylation is 2. The predicted molar refractivity (Wildman–Crippen MR) is 75.3 cm³/mol. The van der Waals surface area contributed by atoms with Gasteiger partial charge in [-0.3, -0.25) is 9.69 Å². The lowest BCUT2D eigenvalue weighted by Crippen LogP contribution is -2.25. The Morgan fingerprint density at radius 3 is 2.78 bits per heavy atom. The van der Waals surface area contributed by atoms with E-state index in [0.29, 0.717) is 6.54 Å². The Kier molecular flexibility index (Phi) is 3.99. The largest absolute Gasteiger partial charge is 0.362 e. The van der Waals surface area contributed by atoms with E-state index in [2.05, 4.69) is 21.3 Å². The Morgan fingerprint density at radius 2 is 2.22 bits per heavy atom. The Labute approximate surface area is 111 Å². The van der Waals surface area contributed by atoms with Crippen LogP contribution in [0.25, 0.3) is 0 Å². The van der Waals surface area contributed by atoms with E-state index in [1.807, 2.05) is 33.0 Å². The second-order valence-electron chi connectivity index (χ2n) is 4.67. The topological polar surface area (TPSA) is 36.1 Å². The molecule has 0 bridgehead atoms. The number of nitrogens with zero attached hydrogens (tertiary/aromatic N) is 1. The zero-order valence-electron chi connectivity index (χ0n) is 11.0. The normalized spacial score (nSPS) is 11.1. The fraction of sp³-hybridized carbons (Fsp3) is 0.357. The number of carbonyl (C=O) groups excluding carboxylic acids is 1. The SMILES string of the molecule is Cc1cc(C(=O)CN(C)Cc2cccs2)c(C)[nH]1. The molecule has 0 saturated heterocycles. The number of carbonyl (C=O) groups is 1. The van der Waals surface area contributed by atoms with Crippen molar-refractivity contribution in [3.63, 3.8) is 0 Å². The molecule has 0 aliphatic heterocycles. The minimum Gasteiger partial charge on any atom is -0.362 e. The molecule has 0 radical (unpaired) electrons. The third-order valence-corrected chi connectivity index (χ3v) is 3.73. The quantitative estimate of drug-likeness (QED) is 0.841. The number of nitrogens with one attached hydrogen (secondary N) is 1. The molecule has 2 heterocycles. The number of hydrogen-bond acceptors (Lipinski definition) is 3. The molecule has 0 unspecified atom stereocenters. The van der Waals surface area contributed by atoms with E-state index in [-0.39, 0.29) is 5.78 Å². The fourth-order valence-electron chi connectivity index (χ4n) is 2.07. The van der Waals surface area contributed by atoms with Crippen LogP contribution < -0.4 is 0 Å². The zero-order chi connectivity index (χ0) is 13.1. The monoisotopic (exact) mass is 262 g/mol. The van der Waals surface area contributed by atoms with Crippen LogP contribution >= 0.6 is 11.3 Å². The molecule has 3 nitrogen and oxygen atoms in total. The highest BCUT2D eigenvalue weighted by Crippen LogP contribution is 2.13. The minimum atomic E-state index is 0.177. The van der Waals surface area contributed by atoms with E-state index >= 15 is 0 Å². The van der Waals surface area contributed by atoms with E-state index in [4.69, 9.17) is 0 Å². The number of hydrogen-bond donors (Lipinski definition) is 1. The van der Waals surface area contributed by atoms with Crippen molar-refractivity contribution in [3.05, 3.63) is 45.4 Å². The van der Waals surface area contributed by atoms with Crippen molar-refractivity contribution in [2.75, 3.05) is 13.6 Å². The van der Waals surface area contributed by atoms with Gasteiger partial charge in [0.15, 0.2) is 5.78 Å². The summed E-state index contributed by atoms with van der Waals surface area (Å²) in [6.45, 7) is 5.19. The van der Waals surface area contributed by atoms with Crippen molar-refractivity contribution < 1.29 is 4.79 Å². The number of likely N-dealkylation sites (N-methyl/N-ethyl adjacent to an activating group) is 1. The fourth-order valence-corrected chi connectivity index (χ4v) is 2.85. The zero-order valence-corrected chi connectivity index (χ0v) is 11.8. The molecule has 0 saturated carbocycles. The van der Waals surface area contributed by atoms with Crippen molar-refractivity contribution in [2.45, 2.75) is 20.4 Å². The maximum absolute atomic E-state index is 12.2. The van der Waals surface area contributed by atoms with Crippen LogP contribution in [0.2, 0.25) is 0 Å². The first-order chi connectivity index (χ1) is 8.56. The van der Waals surface area contributed by atoms with Crippen molar-refractivity contribution in [3.8, 4) is 0 Å². The van der Waals surface area contributed by atoms with Crippen LogP contribution in [-0.4, -0.2) is 29.3 Å². The first-order valence-electron chi connectivity index (χ1n) is 5.96. The second-order valence-corrected chi connectivity index (χ2v) is 5.70. The van der Waals surface area contributed by atoms with Crippen LogP contribution in [0.15, 0.2) is 23.6 Å². The Morgan fingerprint density at radius 1 is 1.44 bits per heavy atom. The summed E-state index contributed by atoms with van der Waals surface area (Å²) in [4.78, 5) is 18.7. The van der Waals surface area contributed by atoms with Crippen LogP contribution in [0, 0.1) is 13.8 Å². The van der Waals surface area contributed by atoms with Gasteiger partial charge < -0.3 is 4.98 Å². The van der Waals surface area contributed by atoms with Gasteiger partial charge in [-0.15, -0.1) is 11.3 Å². The Balaban J connectivity index is 1.97. The molecule has 2 aromatic rings. The van der Waals surface area contributed by atoms with E-state index in [1.54, 1.807) is 11.3 Å². The first-order valence-corrected chi connectivity index (χ1v) is 6.84. The van der Waals surface area contributed by atoms with E-state index in [0.717, 1.165) is 23.5 Å². The number of Topliss-reactive ketones (excluding diaryl/α,β-unsaturated/α-hetero) is 1. The van der Waals surface area contributed by atoms with Gasteiger partial charge in [-0.25, -0.2) is 0 Å². The van der Waals surface area contributed by atoms with Gasteiger partial charge in [0.1, 0.15) is 0 Å². The molecular weight excluding hydrogens is 244 g/mol. The van der Waals surface area contributed by atoms with Gasteiger partial charge in [-0.05, 0) is 38.4 Å². The lowest BCUT2D eigenvalue weighted by Gasteiger charge is -2.14. The average Bonchev–Trinajstić information content (AvgIpc) is 2.88. The molecule has 4 heteroatoms. The molecule has 2 aromatic heterocycles. The van der Waals surface area contributed by atoms with Gasteiger partial charge in [-0.2, -0.15) is 0 Å². The summed E-state index contributed by atoms with van der Waals surface area (Å²) < 4.78 is 0. The standard InChI is InChI=1S/C14H18N2OS/c1-10-7-13(11(2)15-10)14(17)9-16(3)8-12-5-4-6-18-12/h4-7,15H,8-9H2,1-3H3. The van der Waals surface area contributed by atoms with Crippen LogP contribution in [0.4, 0.5) is 0 Å². The minimum absolute atomic E-state index is 0.177. The molecular formula is C14H18N2OS. The molecule has 0 aliphatic carbocycles. The number of rotatable bonds is 5. The molecule has 18 heavy (non-hydrogen) atoms. The summed E-state index contributed by atoms with van der Waals surface area (Å²) in [5.74, 6) is 0.177. The van der Waals surface area contributed by atoms with E-state index < -0.39 is 0 Å². The molecule has 1 N–H and O–H groups in total. The maximum atomic E-state index is 12.2. The molecule has 2 rings (SSSR count). The van der Waals surface area contributed by atoms with Gasteiger partial charge in [0.25, 0.3) is 0 Å². The van der Waals surface area contributed by atoms with Crippen LogP contribution in [0.1, 0.15) is 26.6 Å². The van der Waals surface area contributed by atoms with Gasteiger partial charge in [0.05, 0.1) is 6.54 Å². The number of aromatic amines is 1. The Bertz CT molecular complexity index is 528. The van der Waals surface area contributed by atoms with Crippen molar-refractivity contribution in [1.82, 2.24) is 9.88 Å². The van der Waals surface area contributed by atoms with Gasteiger partial charge in [0.2, 0.25) is 0 Å². The van der Waals surface area contributed by atoms with Gasteiger partial charge in [-0.1, -0.05) is 6.07 Å². The van der Waals surface area contributed by atoms with Gasteiger partial charge in [0, 0.05) is 28.4 Å². The summed E-state index contributed by atoms with van der Waals surface area (Å²) in [5, 5.41) is 2.06. The Hall–Kier alpha value is -1.39. The summed E-state index contributed by atoms with van der Waals surface area (Å²) in [6, 6.07) is 6.06. The third-order valence-electron chi connectivity index (χ3n) is 2.87. The molecule has 96 valence electrons. The van der Waals surface area contributed by atoms with Crippen LogP contribution in [-0.2, 0) is 6.54 Å². The molecule has 0 amide bonds. The smallest absolute Gasteiger partial charge is 0.178 e. The predicted octanol–water partition coefficient (Wildman–Crippen LogP) is 3.01. The molecule has 0 spiro atoms. The van der Waals surface area contributed by atoms with Crippen molar-refractivity contribution in [1.29, 1.82) is 0 Å². The molecule has 0 aromatic carbocycles. The van der Waals surface area contributed by atoms with Crippen LogP contribution in [0.5, 0.6) is 0 Å². The van der Waals surface area contributed by atoms with E-state index in [1.165, 1.54) is 4.88 Å². The number of ketones is 1. The van der Waals surface area contributed by atoms with Crippen molar-refractivity contribution >= 4 is 17.1 Å². The molecule has 0 aliphatic rings. The van der Waals surface area contributed by atoms with Crippen molar-refractivity contribution in [2.24, 2.45) is 0 Å². The number of thiophene rings is 1. The first kappa shape index (κ1) is 13.1. The van der Waals surface area contributed by atoms with Gasteiger partial charge >= 0.3 is 0 Å². The highest BCUT2D eigenvalue weighted by molar-refractivity contribution is 7.09. The molecule has 0 fully saturated rings. The lowest BCUT2D eigenvalue weighted by molar-refractivity contribution is 0.0943. The second kappa shape index (κ2) is 5.50.